The Hall–Kier alpha value is -1.79. The molecule has 0 aliphatic carbocycles. The van der Waals surface area contributed by atoms with Gasteiger partial charge < -0.3 is 11.1 Å². The normalized spacial score (nSPS) is 11.2. The van der Waals surface area contributed by atoms with Crippen LogP contribution < -0.4 is 11.1 Å². The van der Waals surface area contributed by atoms with Crippen LogP contribution in [0.2, 0.25) is 5.02 Å². The molecule has 0 amide bonds. The van der Waals surface area contributed by atoms with Crippen molar-refractivity contribution in [3.05, 3.63) is 58.6 Å². The molecule has 0 aliphatic heterocycles. The van der Waals surface area contributed by atoms with Crippen LogP contribution in [0.3, 0.4) is 0 Å². The number of alkyl halides is 3. The molecule has 2 aromatic carbocycles. The van der Waals surface area contributed by atoms with E-state index in [0.29, 0.717) is 11.3 Å². The van der Waals surface area contributed by atoms with E-state index in [9.17, 15) is 13.2 Å². The first-order valence-electron chi connectivity index (χ1n) is 5.81. The van der Waals surface area contributed by atoms with Crippen LogP contribution >= 0.6 is 23.8 Å². The van der Waals surface area contributed by atoms with Gasteiger partial charge in [0.05, 0.1) is 11.3 Å². The van der Waals surface area contributed by atoms with Crippen LogP contribution in [0, 0.1) is 0 Å². The molecule has 0 heterocycles. The molecule has 0 aromatic heterocycles. The highest BCUT2D eigenvalue weighted by Crippen LogP contribution is 2.37. The van der Waals surface area contributed by atoms with Crippen LogP contribution in [0.15, 0.2) is 42.5 Å². The molecule has 2 rings (SSSR count). The molecule has 2 aromatic rings. The Bertz CT molecular complexity index is 669. The van der Waals surface area contributed by atoms with Crippen LogP contribution in [0.5, 0.6) is 0 Å². The molecule has 0 unspecified atom stereocenters. The van der Waals surface area contributed by atoms with E-state index in [1.165, 1.54) is 12.1 Å². The van der Waals surface area contributed by atoms with Gasteiger partial charge in [-0.1, -0.05) is 23.8 Å². The maximum absolute atomic E-state index is 13.0. The number of nitrogens with two attached hydrogens (primary N) is 1. The fourth-order valence-corrected chi connectivity index (χ4v) is 2.04. The lowest BCUT2D eigenvalue weighted by Gasteiger charge is -2.15. The molecule has 21 heavy (non-hydrogen) atoms. The van der Waals surface area contributed by atoms with Gasteiger partial charge in [0.2, 0.25) is 0 Å². The molecule has 110 valence electrons. The standard InChI is InChI=1S/C14H10ClF3N2S/c15-9-3-6-12(11(7-9)14(16,17)18)20-10-4-1-8(2-5-10)13(19)21/h1-7,20H,(H2,19,21). The lowest BCUT2D eigenvalue weighted by atomic mass is 10.1. The van der Waals surface area contributed by atoms with Gasteiger partial charge in [0.15, 0.2) is 0 Å². The molecular weight excluding hydrogens is 321 g/mol. The van der Waals surface area contributed by atoms with Crippen molar-refractivity contribution in [1.29, 1.82) is 0 Å². The largest absolute Gasteiger partial charge is 0.418 e. The molecular formula is C14H10ClF3N2S. The van der Waals surface area contributed by atoms with Crippen molar-refractivity contribution < 1.29 is 13.2 Å². The first kappa shape index (κ1) is 15.6. The van der Waals surface area contributed by atoms with Gasteiger partial charge in [-0.15, -0.1) is 0 Å². The first-order chi connectivity index (χ1) is 9.77. The first-order valence-corrected chi connectivity index (χ1v) is 6.59. The highest BCUT2D eigenvalue weighted by Gasteiger charge is 2.33. The Morgan fingerprint density at radius 1 is 1.10 bits per heavy atom. The van der Waals surface area contributed by atoms with Crippen LogP contribution in [-0.2, 0) is 6.18 Å². The van der Waals surface area contributed by atoms with Crippen molar-refractivity contribution in [1.82, 2.24) is 0 Å². The second-order valence-corrected chi connectivity index (χ2v) is 5.13. The average molecular weight is 331 g/mol. The number of halogens is 4. The van der Waals surface area contributed by atoms with E-state index in [-0.39, 0.29) is 15.7 Å². The average Bonchev–Trinajstić information content (AvgIpc) is 2.40. The number of rotatable bonds is 3. The summed E-state index contributed by atoms with van der Waals surface area (Å²) < 4.78 is 38.9. The van der Waals surface area contributed by atoms with Crippen LogP contribution in [0.25, 0.3) is 0 Å². The van der Waals surface area contributed by atoms with Crippen LogP contribution in [0.1, 0.15) is 11.1 Å². The number of benzene rings is 2. The van der Waals surface area contributed by atoms with Gasteiger partial charge in [0.1, 0.15) is 4.99 Å². The van der Waals surface area contributed by atoms with E-state index < -0.39 is 11.7 Å². The molecule has 0 bridgehead atoms. The zero-order chi connectivity index (χ0) is 15.6. The highest BCUT2D eigenvalue weighted by molar-refractivity contribution is 7.80. The Kier molecular flexibility index (Phi) is 4.39. The summed E-state index contributed by atoms with van der Waals surface area (Å²) >= 11 is 10.4. The highest BCUT2D eigenvalue weighted by atomic mass is 35.5. The molecule has 0 spiro atoms. The quantitative estimate of drug-likeness (QED) is 0.798. The number of hydrogen-bond donors (Lipinski definition) is 2. The van der Waals surface area contributed by atoms with Gasteiger partial charge in [-0.05, 0) is 42.5 Å². The zero-order valence-corrected chi connectivity index (χ0v) is 12.1. The molecule has 0 fully saturated rings. The van der Waals surface area contributed by atoms with Gasteiger partial charge in [-0.3, -0.25) is 0 Å². The minimum absolute atomic E-state index is 0.0247. The van der Waals surface area contributed by atoms with Gasteiger partial charge in [0, 0.05) is 16.3 Å². The minimum atomic E-state index is -4.49. The predicted octanol–water partition coefficient (Wildman–Crippen LogP) is 4.74. The van der Waals surface area contributed by atoms with Crippen LogP contribution in [-0.4, -0.2) is 4.99 Å². The van der Waals surface area contributed by atoms with Crippen molar-refractivity contribution in [3.63, 3.8) is 0 Å². The van der Waals surface area contributed by atoms with Gasteiger partial charge in [0.25, 0.3) is 0 Å². The van der Waals surface area contributed by atoms with E-state index in [4.69, 9.17) is 29.6 Å². The Balaban J connectivity index is 2.33. The third-order valence-electron chi connectivity index (χ3n) is 2.74. The Labute approximate surface area is 129 Å². The van der Waals surface area contributed by atoms with Crippen molar-refractivity contribution in [2.75, 3.05) is 5.32 Å². The van der Waals surface area contributed by atoms with E-state index in [1.54, 1.807) is 24.3 Å². The molecule has 0 atom stereocenters. The summed E-state index contributed by atoms with van der Waals surface area (Å²) in [7, 11) is 0. The Morgan fingerprint density at radius 2 is 1.71 bits per heavy atom. The van der Waals surface area contributed by atoms with E-state index in [1.807, 2.05) is 0 Å². The number of nitrogens with one attached hydrogen (secondary N) is 1. The summed E-state index contributed by atoms with van der Waals surface area (Å²) in [5, 5.41) is 2.73. The molecule has 7 heteroatoms. The summed E-state index contributed by atoms with van der Waals surface area (Å²) in [4.78, 5) is 0.226. The van der Waals surface area contributed by atoms with E-state index >= 15 is 0 Å². The maximum atomic E-state index is 13.0. The summed E-state index contributed by atoms with van der Waals surface area (Å²) in [5.41, 5.74) is 5.69. The molecule has 2 nitrogen and oxygen atoms in total. The Morgan fingerprint density at radius 3 is 2.24 bits per heavy atom. The number of thiocarbonyl (C=S) groups is 1. The summed E-state index contributed by atoms with van der Waals surface area (Å²) in [5.74, 6) is 0. The fourth-order valence-electron chi connectivity index (χ4n) is 1.73. The summed E-state index contributed by atoms with van der Waals surface area (Å²) in [6.45, 7) is 0. The van der Waals surface area contributed by atoms with Crippen molar-refractivity contribution in [2.24, 2.45) is 5.73 Å². The second kappa shape index (κ2) is 5.91. The van der Waals surface area contributed by atoms with Gasteiger partial charge >= 0.3 is 6.18 Å². The van der Waals surface area contributed by atoms with Gasteiger partial charge in [-0.2, -0.15) is 13.2 Å². The molecule has 0 saturated heterocycles. The van der Waals surface area contributed by atoms with E-state index in [2.05, 4.69) is 5.32 Å². The number of anilines is 2. The second-order valence-electron chi connectivity index (χ2n) is 4.25. The summed E-state index contributed by atoms with van der Waals surface area (Å²) in [6.07, 6.45) is -4.49. The molecule has 0 aliphatic rings. The monoisotopic (exact) mass is 330 g/mol. The third-order valence-corrected chi connectivity index (χ3v) is 3.21. The zero-order valence-electron chi connectivity index (χ0n) is 10.5. The van der Waals surface area contributed by atoms with Crippen molar-refractivity contribution in [2.45, 2.75) is 6.18 Å². The van der Waals surface area contributed by atoms with Crippen molar-refractivity contribution in [3.8, 4) is 0 Å². The minimum Gasteiger partial charge on any atom is -0.389 e. The number of hydrogen-bond acceptors (Lipinski definition) is 2. The van der Waals surface area contributed by atoms with E-state index in [0.717, 1.165) is 6.07 Å². The SMILES string of the molecule is NC(=S)c1ccc(Nc2ccc(Cl)cc2C(F)(F)F)cc1. The molecule has 0 radical (unpaired) electrons. The smallest absolute Gasteiger partial charge is 0.389 e. The maximum Gasteiger partial charge on any atom is 0.418 e. The summed E-state index contributed by atoms with van der Waals surface area (Å²) in [6, 6.07) is 10.0. The van der Waals surface area contributed by atoms with Gasteiger partial charge in [-0.25, -0.2) is 0 Å². The fraction of sp³-hybridized carbons (Fsp3) is 0.0714. The predicted molar refractivity (Wildman–Crippen MR) is 82.1 cm³/mol. The lowest BCUT2D eigenvalue weighted by molar-refractivity contribution is -0.136. The third kappa shape index (κ3) is 3.86. The molecule has 0 saturated carbocycles. The lowest BCUT2D eigenvalue weighted by Crippen LogP contribution is -2.10. The van der Waals surface area contributed by atoms with Crippen molar-refractivity contribution >= 4 is 40.2 Å². The topological polar surface area (TPSA) is 38.0 Å². The van der Waals surface area contributed by atoms with Crippen LogP contribution in [0.4, 0.5) is 24.5 Å². The molecule has 3 N–H and O–H groups in total.